The lowest BCUT2D eigenvalue weighted by molar-refractivity contribution is 0.707. The summed E-state index contributed by atoms with van der Waals surface area (Å²) in [7, 11) is 0. The molecule has 0 amide bonds. The first-order valence-electron chi connectivity index (χ1n) is 5.67. The van der Waals surface area contributed by atoms with Crippen LogP contribution in [0.3, 0.4) is 0 Å². The van der Waals surface area contributed by atoms with Crippen LogP contribution in [0.4, 0.5) is 0 Å². The molecular weight excluding hydrogens is 202 g/mol. The monoisotopic (exact) mass is 223 g/mol. The molecule has 0 saturated heterocycles. The van der Waals surface area contributed by atoms with Crippen molar-refractivity contribution in [3.63, 3.8) is 0 Å². The first-order valence-corrected chi connectivity index (χ1v) is 6.83. The SMILES string of the molecule is CCCNCCSCc1ccccc1C. The van der Waals surface area contributed by atoms with E-state index in [2.05, 4.69) is 43.4 Å². The number of hydrogen-bond donors (Lipinski definition) is 1. The maximum Gasteiger partial charge on any atom is 0.0187 e. The predicted molar refractivity (Wildman–Crippen MR) is 70.5 cm³/mol. The van der Waals surface area contributed by atoms with Gasteiger partial charge in [-0.1, -0.05) is 31.2 Å². The maximum absolute atomic E-state index is 3.42. The van der Waals surface area contributed by atoms with Gasteiger partial charge in [-0.3, -0.25) is 0 Å². The van der Waals surface area contributed by atoms with E-state index >= 15 is 0 Å². The van der Waals surface area contributed by atoms with Gasteiger partial charge in [-0.25, -0.2) is 0 Å². The zero-order valence-corrected chi connectivity index (χ0v) is 10.6. The minimum atomic E-state index is 1.13. The van der Waals surface area contributed by atoms with Gasteiger partial charge in [0.2, 0.25) is 0 Å². The lowest BCUT2D eigenvalue weighted by Crippen LogP contribution is -2.17. The van der Waals surface area contributed by atoms with Gasteiger partial charge in [0.1, 0.15) is 0 Å². The topological polar surface area (TPSA) is 12.0 Å². The van der Waals surface area contributed by atoms with Crippen LogP contribution in [0, 0.1) is 6.92 Å². The molecule has 0 heterocycles. The number of hydrogen-bond acceptors (Lipinski definition) is 2. The molecule has 0 spiro atoms. The Labute approximate surface area is 97.7 Å². The summed E-state index contributed by atoms with van der Waals surface area (Å²) in [4.78, 5) is 0. The largest absolute Gasteiger partial charge is 0.316 e. The summed E-state index contributed by atoms with van der Waals surface area (Å²) in [5.41, 5.74) is 2.88. The number of thioether (sulfide) groups is 1. The molecule has 0 radical (unpaired) electrons. The van der Waals surface area contributed by atoms with Crippen molar-refractivity contribution >= 4 is 11.8 Å². The van der Waals surface area contributed by atoms with Crippen LogP contribution in [-0.4, -0.2) is 18.8 Å². The maximum atomic E-state index is 3.42. The molecule has 0 unspecified atom stereocenters. The summed E-state index contributed by atoms with van der Waals surface area (Å²) in [6.07, 6.45) is 1.22. The average molecular weight is 223 g/mol. The van der Waals surface area contributed by atoms with E-state index in [1.807, 2.05) is 11.8 Å². The minimum absolute atomic E-state index is 1.13. The first-order chi connectivity index (χ1) is 7.34. The molecule has 0 bridgehead atoms. The molecule has 1 N–H and O–H groups in total. The Morgan fingerprint density at radius 1 is 1.20 bits per heavy atom. The van der Waals surface area contributed by atoms with Gasteiger partial charge in [0, 0.05) is 18.1 Å². The highest BCUT2D eigenvalue weighted by atomic mass is 32.2. The van der Waals surface area contributed by atoms with Crippen LogP contribution in [0.15, 0.2) is 24.3 Å². The van der Waals surface area contributed by atoms with Crippen molar-refractivity contribution in [3.8, 4) is 0 Å². The number of benzene rings is 1. The van der Waals surface area contributed by atoms with Crippen LogP contribution in [0.5, 0.6) is 0 Å². The third kappa shape index (κ3) is 5.24. The van der Waals surface area contributed by atoms with Crippen molar-refractivity contribution in [1.82, 2.24) is 5.32 Å². The molecule has 1 aromatic rings. The summed E-state index contributed by atoms with van der Waals surface area (Å²) in [6, 6.07) is 8.64. The van der Waals surface area contributed by atoms with Gasteiger partial charge in [-0.2, -0.15) is 11.8 Å². The fraction of sp³-hybridized carbons (Fsp3) is 0.538. The van der Waals surface area contributed by atoms with E-state index in [0.29, 0.717) is 0 Å². The van der Waals surface area contributed by atoms with E-state index in [0.717, 1.165) is 18.8 Å². The summed E-state index contributed by atoms with van der Waals surface area (Å²) >= 11 is 2.01. The third-order valence-corrected chi connectivity index (χ3v) is 3.38. The predicted octanol–water partition coefficient (Wildman–Crippen LogP) is 3.23. The molecule has 2 heteroatoms. The van der Waals surface area contributed by atoms with Gasteiger partial charge in [-0.15, -0.1) is 0 Å². The molecule has 0 aliphatic rings. The van der Waals surface area contributed by atoms with Gasteiger partial charge in [0.25, 0.3) is 0 Å². The number of nitrogens with one attached hydrogen (secondary N) is 1. The van der Waals surface area contributed by atoms with Gasteiger partial charge >= 0.3 is 0 Å². The van der Waals surface area contributed by atoms with E-state index in [1.54, 1.807) is 0 Å². The molecule has 1 aromatic carbocycles. The van der Waals surface area contributed by atoms with Gasteiger partial charge in [0.05, 0.1) is 0 Å². The fourth-order valence-corrected chi connectivity index (χ4v) is 2.38. The average Bonchev–Trinajstić information content (AvgIpc) is 2.25. The lowest BCUT2D eigenvalue weighted by atomic mass is 10.1. The van der Waals surface area contributed by atoms with Crippen molar-refractivity contribution in [2.75, 3.05) is 18.8 Å². The summed E-state index contributed by atoms with van der Waals surface area (Å²) < 4.78 is 0. The summed E-state index contributed by atoms with van der Waals surface area (Å²) in [5.74, 6) is 2.34. The van der Waals surface area contributed by atoms with Crippen LogP contribution in [0.2, 0.25) is 0 Å². The van der Waals surface area contributed by atoms with Gasteiger partial charge in [-0.05, 0) is 31.0 Å². The highest BCUT2D eigenvalue weighted by Gasteiger charge is 1.96. The second kappa shape index (κ2) is 7.77. The van der Waals surface area contributed by atoms with Crippen molar-refractivity contribution in [2.45, 2.75) is 26.0 Å². The number of aryl methyl sites for hydroxylation is 1. The van der Waals surface area contributed by atoms with E-state index in [-0.39, 0.29) is 0 Å². The second-order valence-electron chi connectivity index (χ2n) is 3.73. The molecule has 0 aromatic heterocycles. The van der Waals surface area contributed by atoms with Crippen molar-refractivity contribution in [3.05, 3.63) is 35.4 Å². The number of rotatable bonds is 7. The third-order valence-electron chi connectivity index (χ3n) is 2.37. The Morgan fingerprint density at radius 2 is 2.00 bits per heavy atom. The Morgan fingerprint density at radius 3 is 2.73 bits per heavy atom. The molecule has 15 heavy (non-hydrogen) atoms. The van der Waals surface area contributed by atoms with E-state index in [1.165, 1.54) is 23.3 Å². The Kier molecular flexibility index (Phi) is 6.53. The smallest absolute Gasteiger partial charge is 0.0187 e. The van der Waals surface area contributed by atoms with Gasteiger partial charge < -0.3 is 5.32 Å². The highest BCUT2D eigenvalue weighted by Crippen LogP contribution is 2.14. The van der Waals surface area contributed by atoms with Crippen LogP contribution in [-0.2, 0) is 5.75 Å². The normalized spacial score (nSPS) is 10.5. The zero-order valence-electron chi connectivity index (χ0n) is 9.75. The zero-order chi connectivity index (χ0) is 10.9. The minimum Gasteiger partial charge on any atom is -0.316 e. The fourth-order valence-electron chi connectivity index (χ4n) is 1.40. The van der Waals surface area contributed by atoms with E-state index in [9.17, 15) is 0 Å². The molecule has 0 saturated carbocycles. The van der Waals surface area contributed by atoms with Crippen molar-refractivity contribution in [2.24, 2.45) is 0 Å². The molecule has 1 nitrogen and oxygen atoms in total. The first kappa shape index (κ1) is 12.6. The molecule has 0 atom stereocenters. The lowest BCUT2D eigenvalue weighted by Gasteiger charge is -2.05. The molecule has 1 rings (SSSR count). The molecule has 0 fully saturated rings. The van der Waals surface area contributed by atoms with Crippen LogP contribution in [0.25, 0.3) is 0 Å². The van der Waals surface area contributed by atoms with Crippen LogP contribution < -0.4 is 5.32 Å². The van der Waals surface area contributed by atoms with Crippen LogP contribution >= 0.6 is 11.8 Å². The highest BCUT2D eigenvalue weighted by molar-refractivity contribution is 7.98. The summed E-state index contributed by atoms with van der Waals surface area (Å²) in [5, 5.41) is 3.42. The van der Waals surface area contributed by atoms with E-state index in [4.69, 9.17) is 0 Å². The van der Waals surface area contributed by atoms with Crippen LogP contribution in [0.1, 0.15) is 24.5 Å². The molecule has 0 aliphatic heterocycles. The Balaban J connectivity index is 2.12. The standard InChI is InChI=1S/C13H21NS/c1-3-8-14-9-10-15-11-13-7-5-4-6-12(13)2/h4-7,14H,3,8-11H2,1-2H3. The Hall–Kier alpha value is -0.470. The summed E-state index contributed by atoms with van der Waals surface area (Å²) in [6.45, 7) is 6.66. The quantitative estimate of drug-likeness (QED) is 0.712. The molecule has 0 aliphatic carbocycles. The Bertz CT molecular complexity index is 273. The van der Waals surface area contributed by atoms with E-state index < -0.39 is 0 Å². The second-order valence-corrected chi connectivity index (χ2v) is 4.83. The van der Waals surface area contributed by atoms with Crippen molar-refractivity contribution < 1.29 is 0 Å². The molecule has 84 valence electrons. The van der Waals surface area contributed by atoms with Gasteiger partial charge in [0.15, 0.2) is 0 Å². The molecular formula is C13H21NS. The van der Waals surface area contributed by atoms with Crippen molar-refractivity contribution in [1.29, 1.82) is 0 Å².